The first-order valence-electron chi connectivity index (χ1n) is 8.31. The van der Waals surface area contributed by atoms with Gasteiger partial charge in [-0.1, -0.05) is 30.3 Å². The highest BCUT2D eigenvalue weighted by atomic mass is 16.5. The van der Waals surface area contributed by atoms with Crippen LogP contribution in [0.15, 0.2) is 53.3 Å². The predicted molar refractivity (Wildman–Crippen MR) is 101 cm³/mol. The largest absolute Gasteiger partial charge is 0.453 e. The zero-order valence-electron chi connectivity index (χ0n) is 14.2. The van der Waals surface area contributed by atoms with Crippen LogP contribution in [0.3, 0.4) is 0 Å². The molecule has 6 heteroatoms. The second-order valence-electron chi connectivity index (χ2n) is 6.07. The van der Waals surface area contributed by atoms with Gasteiger partial charge in [-0.3, -0.25) is 14.7 Å². The van der Waals surface area contributed by atoms with E-state index in [1.165, 1.54) is 7.11 Å². The Balaban J connectivity index is 1.82. The second kappa shape index (κ2) is 6.48. The van der Waals surface area contributed by atoms with Crippen LogP contribution in [0, 0.1) is 0 Å². The van der Waals surface area contributed by atoms with E-state index in [2.05, 4.69) is 16.1 Å². The molecule has 1 N–H and O–H groups in total. The molecule has 0 saturated carbocycles. The Morgan fingerprint density at radius 3 is 2.81 bits per heavy atom. The lowest BCUT2D eigenvalue weighted by Crippen LogP contribution is -2.21. The van der Waals surface area contributed by atoms with Gasteiger partial charge in [-0.25, -0.2) is 9.78 Å². The molecule has 1 aromatic heterocycles. The minimum atomic E-state index is -0.563. The van der Waals surface area contributed by atoms with Crippen molar-refractivity contribution >= 4 is 34.3 Å². The minimum absolute atomic E-state index is 0.0638. The van der Waals surface area contributed by atoms with Crippen molar-refractivity contribution < 1.29 is 9.53 Å². The van der Waals surface area contributed by atoms with E-state index in [1.807, 2.05) is 30.3 Å². The van der Waals surface area contributed by atoms with Gasteiger partial charge in [-0.15, -0.1) is 0 Å². The molecule has 0 radical (unpaired) electrons. The van der Waals surface area contributed by atoms with Crippen molar-refractivity contribution in [1.82, 2.24) is 9.55 Å². The van der Waals surface area contributed by atoms with Gasteiger partial charge in [-0.2, -0.15) is 0 Å². The molecule has 1 aliphatic rings. The fourth-order valence-corrected chi connectivity index (χ4v) is 3.15. The first-order valence-corrected chi connectivity index (χ1v) is 8.31. The van der Waals surface area contributed by atoms with Crippen LogP contribution in [0.2, 0.25) is 0 Å². The summed E-state index contributed by atoms with van der Waals surface area (Å²) in [7, 11) is 1.30. The number of aromatic nitrogens is 2. The smallest absolute Gasteiger partial charge is 0.411 e. The van der Waals surface area contributed by atoms with E-state index in [0.717, 1.165) is 17.6 Å². The summed E-state index contributed by atoms with van der Waals surface area (Å²) >= 11 is 0. The van der Waals surface area contributed by atoms with Gasteiger partial charge in [0.05, 0.1) is 18.0 Å². The van der Waals surface area contributed by atoms with Crippen molar-refractivity contribution in [3.8, 4) is 0 Å². The van der Waals surface area contributed by atoms with Gasteiger partial charge in [0.15, 0.2) is 0 Å². The van der Waals surface area contributed by atoms with Crippen LogP contribution in [0.5, 0.6) is 0 Å². The molecule has 0 fully saturated rings. The van der Waals surface area contributed by atoms with E-state index < -0.39 is 6.09 Å². The number of methoxy groups -OCH3 is 1. The van der Waals surface area contributed by atoms with E-state index in [-0.39, 0.29) is 5.56 Å². The van der Waals surface area contributed by atoms with Crippen molar-refractivity contribution in [2.24, 2.45) is 0 Å². The molecule has 0 unspecified atom stereocenters. The maximum atomic E-state index is 12.8. The first kappa shape index (κ1) is 16.1. The third-order valence-corrected chi connectivity index (χ3v) is 4.42. The number of nitrogens with one attached hydrogen (secondary N) is 1. The Labute approximate surface area is 149 Å². The van der Waals surface area contributed by atoms with Gasteiger partial charge in [0.2, 0.25) is 0 Å². The number of hydrogen-bond acceptors (Lipinski definition) is 4. The van der Waals surface area contributed by atoms with E-state index in [1.54, 1.807) is 22.8 Å². The molecule has 3 aromatic rings. The minimum Gasteiger partial charge on any atom is -0.453 e. The molecule has 0 bridgehead atoms. The standard InChI is InChI=1S/C20H17N3O3/c1-26-20(25)21-15-7-8-16-17(12-15)22-18-14(9-10-23(18)19(16)24)11-13-5-3-2-4-6-13/h2-8,11-12H,9-10H2,1H3,(H,21,25). The monoisotopic (exact) mass is 347 g/mol. The topological polar surface area (TPSA) is 73.2 Å². The van der Waals surface area contributed by atoms with Crippen LogP contribution in [-0.4, -0.2) is 22.8 Å². The van der Waals surface area contributed by atoms with Gasteiger partial charge < -0.3 is 4.74 Å². The van der Waals surface area contributed by atoms with E-state index in [4.69, 9.17) is 4.98 Å². The van der Waals surface area contributed by atoms with Crippen LogP contribution in [0.4, 0.5) is 10.5 Å². The Hall–Kier alpha value is -3.41. The number of carbonyl (C=O) groups excluding carboxylic acids is 1. The summed E-state index contributed by atoms with van der Waals surface area (Å²) in [5.74, 6) is 0.682. The second-order valence-corrected chi connectivity index (χ2v) is 6.07. The molecule has 1 amide bonds. The fraction of sp³-hybridized carbons (Fsp3) is 0.150. The van der Waals surface area contributed by atoms with Gasteiger partial charge in [-0.05, 0) is 41.8 Å². The molecule has 2 heterocycles. The highest BCUT2D eigenvalue weighted by Gasteiger charge is 2.21. The van der Waals surface area contributed by atoms with Crippen molar-refractivity contribution in [1.29, 1.82) is 0 Å². The number of allylic oxidation sites excluding steroid dienone is 1. The summed E-state index contributed by atoms with van der Waals surface area (Å²) in [5, 5.41) is 3.13. The van der Waals surface area contributed by atoms with E-state index in [0.29, 0.717) is 29.0 Å². The molecule has 2 aromatic carbocycles. The SMILES string of the molecule is COC(=O)Nc1ccc2c(=O)n3c(nc2c1)C(=Cc1ccccc1)CC3. The van der Waals surface area contributed by atoms with Gasteiger partial charge in [0.1, 0.15) is 5.82 Å². The highest BCUT2D eigenvalue weighted by Crippen LogP contribution is 2.28. The molecular weight excluding hydrogens is 330 g/mol. The number of nitrogens with zero attached hydrogens (tertiary/aromatic N) is 2. The lowest BCUT2D eigenvalue weighted by Gasteiger charge is -2.08. The summed E-state index contributed by atoms with van der Waals surface area (Å²) in [6, 6.07) is 15.0. The Kier molecular flexibility index (Phi) is 4.01. The Bertz CT molecular complexity index is 1080. The van der Waals surface area contributed by atoms with E-state index >= 15 is 0 Å². The molecule has 0 spiro atoms. The number of fused-ring (bicyclic) bond motifs is 2. The Morgan fingerprint density at radius 2 is 2.04 bits per heavy atom. The number of amides is 1. The van der Waals surface area contributed by atoms with Gasteiger partial charge in [0.25, 0.3) is 5.56 Å². The normalized spacial score (nSPS) is 14.4. The number of benzene rings is 2. The first-order chi connectivity index (χ1) is 12.7. The van der Waals surface area contributed by atoms with Crippen LogP contribution in [-0.2, 0) is 11.3 Å². The van der Waals surface area contributed by atoms with Crippen LogP contribution < -0.4 is 10.9 Å². The number of hydrogen-bond donors (Lipinski definition) is 1. The van der Waals surface area contributed by atoms with Crippen molar-refractivity contribution in [2.45, 2.75) is 13.0 Å². The average Bonchev–Trinajstić information content (AvgIpc) is 3.05. The van der Waals surface area contributed by atoms with Crippen molar-refractivity contribution in [2.75, 3.05) is 12.4 Å². The molecule has 4 rings (SSSR count). The molecular formula is C20H17N3O3. The molecule has 6 nitrogen and oxygen atoms in total. The highest BCUT2D eigenvalue weighted by molar-refractivity contribution is 5.90. The van der Waals surface area contributed by atoms with Gasteiger partial charge >= 0.3 is 6.09 Å². The third-order valence-electron chi connectivity index (χ3n) is 4.42. The summed E-state index contributed by atoms with van der Waals surface area (Å²) in [5.41, 5.74) is 3.13. The summed E-state index contributed by atoms with van der Waals surface area (Å²) in [4.78, 5) is 28.9. The lowest BCUT2D eigenvalue weighted by molar-refractivity contribution is 0.187. The van der Waals surface area contributed by atoms with Gasteiger partial charge in [0, 0.05) is 12.2 Å². The number of ether oxygens (including phenoxy) is 1. The maximum absolute atomic E-state index is 12.8. The number of rotatable bonds is 2. The molecule has 0 aliphatic carbocycles. The van der Waals surface area contributed by atoms with E-state index in [9.17, 15) is 9.59 Å². The van der Waals surface area contributed by atoms with Crippen molar-refractivity contribution in [3.63, 3.8) is 0 Å². The fourth-order valence-electron chi connectivity index (χ4n) is 3.15. The number of carbonyl (C=O) groups is 1. The lowest BCUT2D eigenvalue weighted by atomic mass is 10.1. The summed E-state index contributed by atoms with van der Waals surface area (Å²) in [6.45, 7) is 0.623. The van der Waals surface area contributed by atoms with Crippen LogP contribution in [0.1, 0.15) is 17.8 Å². The predicted octanol–water partition coefficient (Wildman–Crippen LogP) is 3.52. The summed E-state index contributed by atoms with van der Waals surface area (Å²) < 4.78 is 6.31. The zero-order valence-corrected chi connectivity index (χ0v) is 14.2. The van der Waals surface area contributed by atoms with Crippen LogP contribution in [0.25, 0.3) is 22.6 Å². The molecule has 0 atom stereocenters. The summed E-state index contributed by atoms with van der Waals surface area (Å²) in [6.07, 6.45) is 2.26. The number of anilines is 1. The third kappa shape index (κ3) is 2.86. The van der Waals surface area contributed by atoms with Crippen molar-refractivity contribution in [3.05, 3.63) is 70.3 Å². The molecule has 0 saturated heterocycles. The molecule has 26 heavy (non-hydrogen) atoms. The van der Waals surface area contributed by atoms with Crippen LogP contribution >= 0.6 is 0 Å². The zero-order chi connectivity index (χ0) is 18.1. The average molecular weight is 347 g/mol. The molecule has 130 valence electrons. The molecule has 1 aliphatic heterocycles. The quantitative estimate of drug-likeness (QED) is 0.770. The Morgan fingerprint density at radius 1 is 1.23 bits per heavy atom. The maximum Gasteiger partial charge on any atom is 0.411 e.